The number of nitrogens with two attached hydrogens (primary N) is 2. The molecule has 0 aromatic rings. The van der Waals surface area contributed by atoms with Gasteiger partial charge < -0.3 is 30.4 Å². The Hall–Kier alpha value is -0.240. The molecule has 4 N–H and O–H groups in total. The number of unbranched alkanes of at least 4 members (excludes halogenated alkanes) is 1. The predicted molar refractivity (Wildman–Crippen MR) is 167 cm³/mol. The Bertz CT molecular complexity index is 664. The minimum atomic E-state index is -0.375. The molecule has 6 atom stereocenters. The Balaban J connectivity index is 5.41. The third-order valence-electron chi connectivity index (χ3n) is 8.49. The van der Waals surface area contributed by atoms with Crippen molar-refractivity contribution < 1.29 is 18.9 Å². The lowest BCUT2D eigenvalue weighted by Crippen LogP contribution is -2.47. The summed E-state index contributed by atoms with van der Waals surface area (Å²) >= 11 is 0. The van der Waals surface area contributed by atoms with Crippen molar-refractivity contribution in [2.24, 2.45) is 16.9 Å². The van der Waals surface area contributed by atoms with Crippen LogP contribution in [-0.2, 0) is 18.9 Å². The van der Waals surface area contributed by atoms with E-state index in [-0.39, 0.29) is 52.1 Å². The summed E-state index contributed by atoms with van der Waals surface area (Å²) in [5.74, 6) is 0. The second-order valence-corrected chi connectivity index (χ2v) is 14.7. The van der Waals surface area contributed by atoms with Gasteiger partial charge >= 0.3 is 0 Å². The lowest BCUT2D eigenvalue weighted by molar-refractivity contribution is -0.158. The number of hydrogen-bond acceptors (Lipinski definition) is 6. The van der Waals surface area contributed by atoms with Crippen molar-refractivity contribution in [3.63, 3.8) is 0 Å². The van der Waals surface area contributed by atoms with Gasteiger partial charge in [-0.3, -0.25) is 0 Å². The second kappa shape index (κ2) is 16.4. The summed E-state index contributed by atoms with van der Waals surface area (Å²) in [5, 5.41) is 0. The van der Waals surface area contributed by atoms with Crippen LogP contribution in [-0.4, -0.2) is 59.9 Å². The summed E-state index contributed by atoms with van der Waals surface area (Å²) < 4.78 is 26.2. The monoisotopic (exact) mass is 559 g/mol. The SMILES string of the molecule is CCCCC(CC)(COC(C)(C)CC(C)OC(C)(C)CC(C)N)COC(C)(CC)CC(C)OC(C)(C)C(C)N. The average molecular weight is 559 g/mol. The normalized spacial score (nSPS) is 19.7. The van der Waals surface area contributed by atoms with Crippen LogP contribution >= 0.6 is 0 Å². The maximum Gasteiger partial charge on any atom is 0.0777 e. The van der Waals surface area contributed by atoms with Gasteiger partial charge in [-0.15, -0.1) is 0 Å². The van der Waals surface area contributed by atoms with E-state index < -0.39 is 0 Å². The zero-order valence-electron chi connectivity index (χ0n) is 28.7. The van der Waals surface area contributed by atoms with Gasteiger partial charge in [0, 0.05) is 30.3 Å². The van der Waals surface area contributed by atoms with Crippen LogP contribution in [0.5, 0.6) is 0 Å². The molecule has 0 rings (SSSR count). The van der Waals surface area contributed by atoms with Gasteiger partial charge in [-0.1, -0.05) is 33.6 Å². The fraction of sp³-hybridized carbons (Fsp3) is 1.00. The highest BCUT2D eigenvalue weighted by Gasteiger charge is 2.37. The van der Waals surface area contributed by atoms with E-state index in [1.54, 1.807) is 0 Å². The van der Waals surface area contributed by atoms with Gasteiger partial charge in [-0.25, -0.2) is 0 Å². The molecule has 39 heavy (non-hydrogen) atoms. The molecule has 0 aliphatic rings. The first kappa shape index (κ1) is 38.8. The van der Waals surface area contributed by atoms with Gasteiger partial charge in [0.25, 0.3) is 0 Å². The first-order valence-corrected chi connectivity index (χ1v) is 15.8. The highest BCUT2D eigenvalue weighted by Crippen LogP contribution is 2.36. The third-order valence-corrected chi connectivity index (χ3v) is 8.49. The van der Waals surface area contributed by atoms with E-state index in [2.05, 4.69) is 83.1 Å². The summed E-state index contributed by atoms with van der Waals surface area (Å²) in [6, 6.07) is 0.0683. The summed E-state index contributed by atoms with van der Waals surface area (Å²) in [6.07, 6.45) is 7.94. The van der Waals surface area contributed by atoms with Crippen molar-refractivity contribution in [2.75, 3.05) is 13.2 Å². The van der Waals surface area contributed by atoms with Gasteiger partial charge in [0.15, 0.2) is 0 Å². The van der Waals surface area contributed by atoms with Crippen LogP contribution in [0.15, 0.2) is 0 Å². The highest BCUT2D eigenvalue weighted by molar-refractivity contribution is 4.86. The van der Waals surface area contributed by atoms with Crippen molar-refractivity contribution in [3.8, 4) is 0 Å². The van der Waals surface area contributed by atoms with E-state index >= 15 is 0 Å². The summed E-state index contributed by atoms with van der Waals surface area (Å²) in [4.78, 5) is 0. The van der Waals surface area contributed by atoms with Crippen LogP contribution in [0.4, 0.5) is 0 Å². The van der Waals surface area contributed by atoms with E-state index in [0.717, 1.165) is 51.4 Å². The topological polar surface area (TPSA) is 89.0 Å². The summed E-state index contributed by atoms with van der Waals surface area (Å²) in [6.45, 7) is 31.4. The van der Waals surface area contributed by atoms with E-state index in [1.165, 1.54) is 0 Å². The van der Waals surface area contributed by atoms with Crippen LogP contribution in [0.3, 0.4) is 0 Å². The molecular weight excluding hydrogens is 488 g/mol. The smallest absolute Gasteiger partial charge is 0.0777 e. The molecule has 0 fully saturated rings. The molecule has 0 heterocycles. The average Bonchev–Trinajstić information content (AvgIpc) is 2.76. The Morgan fingerprint density at radius 3 is 1.64 bits per heavy atom. The van der Waals surface area contributed by atoms with Crippen LogP contribution in [0, 0.1) is 5.41 Å². The van der Waals surface area contributed by atoms with Crippen molar-refractivity contribution in [1.29, 1.82) is 0 Å². The fourth-order valence-corrected chi connectivity index (χ4v) is 5.54. The Morgan fingerprint density at radius 1 is 0.641 bits per heavy atom. The van der Waals surface area contributed by atoms with Gasteiger partial charge in [-0.2, -0.15) is 0 Å². The van der Waals surface area contributed by atoms with E-state index in [1.807, 2.05) is 13.8 Å². The molecule has 0 saturated carbocycles. The lowest BCUT2D eigenvalue weighted by atomic mass is 9.81. The zero-order valence-corrected chi connectivity index (χ0v) is 28.7. The molecule has 0 radical (unpaired) electrons. The Labute approximate surface area is 244 Å². The second-order valence-electron chi connectivity index (χ2n) is 14.7. The van der Waals surface area contributed by atoms with E-state index in [4.69, 9.17) is 30.4 Å². The maximum atomic E-state index is 6.80. The van der Waals surface area contributed by atoms with Gasteiger partial charge in [0.05, 0.1) is 47.8 Å². The predicted octanol–water partition coefficient (Wildman–Crippen LogP) is 7.79. The van der Waals surface area contributed by atoms with E-state index in [9.17, 15) is 0 Å². The molecule has 0 aliphatic heterocycles. The molecule has 236 valence electrons. The quantitative estimate of drug-likeness (QED) is 0.141. The molecule has 0 saturated heterocycles. The molecule has 0 amide bonds. The van der Waals surface area contributed by atoms with Gasteiger partial charge in [0.1, 0.15) is 0 Å². The van der Waals surface area contributed by atoms with Crippen LogP contribution in [0.1, 0.15) is 148 Å². The minimum absolute atomic E-state index is 0.0306. The van der Waals surface area contributed by atoms with Crippen molar-refractivity contribution in [2.45, 2.75) is 195 Å². The van der Waals surface area contributed by atoms with Gasteiger partial charge in [0.2, 0.25) is 0 Å². The van der Waals surface area contributed by atoms with Crippen LogP contribution in [0.25, 0.3) is 0 Å². The summed E-state index contributed by atoms with van der Waals surface area (Å²) in [7, 11) is 0. The van der Waals surface area contributed by atoms with Crippen LogP contribution in [0.2, 0.25) is 0 Å². The molecule has 0 aromatic heterocycles. The third kappa shape index (κ3) is 15.5. The molecular formula is C33H70N2O4. The van der Waals surface area contributed by atoms with Gasteiger partial charge in [-0.05, 0) is 102 Å². The van der Waals surface area contributed by atoms with E-state index in [0.29, 0.717) is 13.2 Å². The molecule has 0 aromatic carbocycles. The Kier molecular flexibility index (Phi) is 16.3. The maximum absolute atomic E-state index is 6.80. The molecule has 6 heteroatoms. The molecule has 0 aliphatic carbocycles. The zero-order chi connectivity index (χ0) is 30.7. The minimum Gasteiger partial charge on any atom is -0.375 e. The lowest BCUT2D eigenvalue weighted by Gasteiger charge is -2.42. The summed E-state index contributed by atoms with van der Waals surface area (Å²) in [5.41, 5.74) is 11.0. The first-order chi connectivity index (χ1) is 17.7. The standard InChI is InChI=1S/C33H70N2O4/c1-15-18-19-33(17-3,23-36-29(8,9)21-26(5)38-30(10,11)20-25(4)34)24-37-32(14,16-2)22-27(6)39-31(12,13)28(7)35/h25-28H,15-24,34-35H2,1-14H3. The van der Waals surface area contributed by atoms with Crippen molar-refractivity contribution in [3.05, 3.63) is 0 Å². The first-order valence-electron chi connectivity index (χ1n) is 15.8. The number of ether oxygens (including phenoxy) is 4. The molecule has 0 bridgehead atoms. The Morgan fingerprint density at radius 2 is 1.18 bits per heavy atom. The van der Waals surface area contributed by atoms with Crippen LogP contribution < -0.4 is 11.5 Å². The highest BCUT2D eigenvalue weighted by atomic mass is 16.5. The molecule has 6 nitrogen and oxygen atoms in total. The van der Waals surface area contributed by atoms with Crippen molar-refractivity contribution >= 4 is 0 Å². The number of hydrogen-bond donors (Lipinski definition) is 2. The number of rotatable bonds is 22. The fourth-order valence-electron chi connectivity index (χ4n) is 5.54. The molecule has 6 unspecified atom stereocenters. The van der Waals surface area contributed by atoms with Crippen molar-refractivity contribution in [1.82, 2.24) is 0 Å². The largest absolute Gasteiger partial charge is 0.375 e. The molecule has 0 spiro atoms.